The zero-order chi connectivity index (χ0) is 24.3. The second-order valence-corrected chi connectivity index (χ2v) is 9.77. The van der Waals surface area contributed by atoms with Crippen molar-refractivity contribution in [2.24, 2.45) is 5.41 Å². The Kier molecular flexibility index (Phi) is 7.48. The van der Waals surface area contributed by atoms with Crippen LogP contribution in [0.25, 0.3) is 11.3 Å². The number of hydrogen-bond donors (Lipinski definition) is 0. The molecule has 0 aliphatic rings. The molecule has 0 bridgehead atoms. The zero-order valence-electron chi connectivity index (χ0n) is 19.7. The molecule has 0 atom stereocenters. The summed E-state index contributed by atoms with van der Waals surface area (Å²) in [7, 11) is 0. The van der Waals surface area contributed by atoms with Crippen LogP contribution in [0.4, 0.5) is 13.2 Å². The van der Waals surface area contributed by atoms with E-state index >= 15 is 0 Å². The number of allylic oxidation sites excluding steroid dienone is 1. The lowest BCUT2D eigenvalue weighted by molar-refractivity contribution is -0.161. The van der Waals surface area contributed by atoms with Crippen LogP contribution in [-0.2, 0) is 25.9 Å². The lowest BCUT2D eigenvalue weighted by Crippen LogP contribution is -2.24. The van der Waals surface area contributed by atoms with Gasteiger partial charge in [0.05, 0.1) is 11.0 Å². The number of ether oxygens (including phenoxy) is 2. The van der Waals surface area contributed by atoms with E-state index in [2.05, 4.69) is 20.8 Å². The first-order chi connectivity index (χ1) is 14.6. The number of hydrogen-bond acceptors (Lipinski definition) is 3. The molecule has 0 saturated carbocycles. The van der Waals surface area contributed by atoms with E-state index in [9.17, 15) is 18.0 Å². The molecule has 0 aliphatic carbocycles. The third-order valence-electron chi connectivity index (χ3n) is 5.01. The highest BCUT2D eigenvalue weighted by atomic mass is 19.4. The van der Waals surface area contributed by atoms with Gasteiger partial charge in [-0.2, -0.15) is 13.2 Å². The third-order valence-corrected chi connectivity index (χ3v) is 5.01. The van der Waals surface area contributed by atoms with Crippen molar-refractivity contribution in [1.29, 1.82) is 0 Å². The molecule has 174 valence electrons. The van der Waals surface area contributed by atoms with E-state index in [-0.39, 0.29) is 16.7 Å². The number of carbonyl (C=O) groups excluding carboxylic acids is 1. The molecular formula is C26H31F3O3. The maximum atomic E-state index is 13.7. The molecule has 0 radical (unpaired) electrons. The number of esters is 1. The van der Waals surface area contributed by atoms with Gasteiger partial charge < -0.3 is 9.47 Å². The fourth-order valence-electron chi connectivity index (χ4n) is 3.03. The van der Waals surface area contributed by atoms with Gasteiger partial charge in [0, 0.05) is 5.56 Å². The average Bonchev–Trinajstić information content (AvgIpc) is 2.68. The van der Waals surface area contributed by atoms with Crippen molar-refractivity contribution >= 4 is 17.3 Å². The van der Waals surface area contributed by atoms with Gasteiger partial charge in [-0.25, -0.2) is 0 Å². The fraction of sp³-hybridized carbons (Fsp3) is 0.423. The van der Waals surface area contributed by atoms with Crippen molar-refractivity contribution in [3.05, 3.63) is 70.8 Å². The Morgan fingerprint density at radius 1 is 0.844 bits per heavy atom. The quantitative estimate of drug-likeness (QED) is 0.206. The van der Waals surface area contributed by atoms with E-state index in [0.29, 0.717) is 11.1 Å². The van der Waals surface area contributed by atoms with Crippen LogP contribution in [0.2, 0.25) is 0 Å². The van der Waals surface area contributed by atoms with E-state index in [0.717, 1.165) is 11.6 Å². The first-order valence-electron chi connectivity index (χ1n) is 10.4. The van der Waals surface area contributed by atoms with E-state index in [1.54, 1.807) is 27.7 Å². The van der Waals surface area contributed by atoms with Gasteiger partial charge in [-0.15, -0.1) is 0 Å². The van der Waals surface area contributed by atoms with E-state index in [1.165, 1.54) is 18.2 Å². The summed E-state index contributed by atoms with van der Waals surface area (Å²) in [4.78, 5) is 12.1. The van der Waals surface area contributed by atoms with E-state index in [4.69, 9.17) is 9.47 Å². The van der Waals surface area contributed by atoms with Crippen LogP contribution in [0.15, 0.2) is 48.5 Å². The highest BCUT2D eigenvalue weighted by Crippen LogP contribution is 2.38. The van der Waals surface area contributed by atoms with Gasteiger partial charge in [0.25, 0.3) is 0 Å². The van der Waals surface area contributed by atoms with Crippen molar-refractivity contribution < 1.29 is 27.4 Å². The van der Waals surface area contributed by atoms with Crippen LogP contribution in [0.3, 0.4) is 0 Å². The summed E-state index contributed by atoms with van der Waals surface area (Å²) in [6.45, 7) is 12.5. The number of halogens is 3. The van der Waals surface area contributed by atoms with E-state index < -0.39 is 29.9 Å². The molecule has 0 amide bonds. The van der Waals surface area contributed by atoms with Gasteiger partial charge in [-0.1, -0.05) is 63.2 Å². The summed E-state index contributed by atoms with van der Waals surface area (Å²) in [5.74, 6) is -0.490. The summed E-state index contributed by atoms with van der Waals surface area (Å²) < 4.78 is 51.9. The van der Waals surface area contributed by atoms with Crippen LogP contribution in [0.5, 0.6) is 0 Å². The van der Waals surface area contributed by atoms with Gasteiger partial charge in [0.2, 0.25) is 6.79 Å². The van der Waals surface area contributed by atoms with Crippen molar-refractivity contribution in [3.63, 3.8) is 0 Å². The standard InChI is InChI=1S/C26H31F3O3/c1-17(18-12-14-19(15-13-18)24(2,3)4)22(31-16-32-23(30)25(5,6)7)20-10-8-9-11-21(20)26(27,28)29/h8-15H,16H2,1-7H3/b22-17-. The Bertz CT molecular complexity index is 973. The second kappa shape index (κ2) is 9.39. The molecule has 0 spiro atoms. The van der Waals surface area contributed by atoms with Crippen LogP contribution in [-0.4, -0.2) is 12.8 Å². The third kappa shape index (κ3) is 6.38. The summed E-state index contributed by atoms with van der Waals surface area (Å²) in [6, 6.07) is 12.8. The van der Waals surface area contributed by atoms with Crippen molar-refractivity contribution in [2.45, 2.75) is 60.1 Å². The van der Waals surface area contributed by atoms with Gasteiger partial charge in [-0.3, -0.25) is 4.79 Å². The summed E-state index contributed by atoms with van der Waals surface area (Å²) >= 11 is 0. The molecular weight excluding hydrogens is 417 g/mol. The average molecular weight is 449 g/mol. The van der Waals surface area contributed by atoms with Crippen LogP contribution in [0.1, 0.15) is 70.7 Å². The monoisotopic (exact) mass is 448 g/mol. The molecule has 0 saturated heterocycles. The molecule has 0 N–H and O–H groups in total. The van der Waals surface area contributed by atoms with Gasteiger partial charge >= 0.3 is 12.1 Å². The number of carbonyl (C=O) groups is 1. The topological polar surface area (TPSA) is 35.5 Å². The van der Waals surface area contributed by atoms with Crippen LogP contribution >= 0.6 is 0 Å². The molecule has 2 aromatic rings. The lowest BCUT2D eigenvalue weighted by Gasteiger charge is -2.22. The Labute approximate surface area is 188 Å². The first kappa shape index (κ1) is 25.5. The molecule has 32 heavy (non-hydrogen) atoms. The van der Waals surface area contributed by atoms with Crippen molar-refractivity contribution in [2.75, 3.05) is 6.79 Å². The number of rotatable bonds is 5. The van der Waals surface area contributed by atoms with Gasteiger partial charge in [0.1, 0.15) is 5.76 Å². The maximum absolute atomic E-state index is 13.7. The first-order valence-corrected chi connectivity index (χ1v) is 10.4. The van der Waals surface area contributed by atoms with E-state index in [1.807, 2.05) is 24.3 Å². The van der Waals surface area contributed by atoms with Crippen molar-refractivity contribution in [3.8, 4) is 0 Å². The molecule has 0 unspecified atom stereocenters. The molecule has 0 fully saturated rings. The minimum atomic E-state index is -4.57. The van der Waals surface area contributed by atoms with Crippen LogP contribution < -0.4 is 0 Å². The predicted molar refractivity (Wildman–Crippen MR) is 121 cm³/mol. The molecule has 2 rings (SSSR count). The summed E-state index contributed by atoms with van der Waals surface area (Å²) in [5.41, 5.74) is 0.591. The largest absolute Gasteiger partial charge is 0.456 e. The van der Waals surface area contributed by atoms with Crippen molar-refractivity contribution in [1.82, 2.24) is 0 Å². The summed E-state index contributed by atoms with van der Waals surface area (Å²) in [5, 5.41) is 0. The predicted octanol–water partition coefficient (Wildman–Crippen LogP) is 7.45. The zero-order valence-corrected chi connectivity index (χ0v) is 19.7. The lowest BCUT2D eigenvalue weighted by atomic mass is 9.86. The molecule has 0 aliphatic heterocycles. The molecule has 0 aromatic heterocycles. The molecule has 3 nitrogen and oxygen atoms in total. The minimum absolute atomic E-state index is 0.0168. The maximum Gasteiger partial charge on any atom is 0.417 e. The second-order valence-electron chi connectivity index (χ2n) is 9.77. The SMILES string of the molecule is C/C(=C(/OCOC(=O)C(C)(C)C)c1ccccc1C(F)(F)F)c1ccc(C(C)(C)C)cc1. The number of alkyl halides is 3. The molecule has 2 aromatic carbocycles. The Balaban J connectivity index is 2.52. The normalized spacial score (nSPS) is 13.4. The number of benzene rings is 2. The Hall–Kier alpha value is -2.76. The Morgan fingerprint density at radius 2 is 1.41 bits per heavy atom. The van der Waals surface area contributed by atoms with Gasteiger partial charge in [0.15, 0.2) is 0 Å². The Morgan fingerprint density at radius 3 is 1.91 bits per heavy atom. The van der Waals surface area contributed by atoms with Crippen LogP contribution in [0, 0.1) is 5.41 Å². The highest BCUT2D eigenvalue weighted by Gasteiger charge is 2.35. The van der Waals surface area contributed by atoms with Gasteiger partial charge in [-0.05, 0) is 55.9 Å². The minimum Gasteiger partial charge on any atom is -0.456 e. The summed E-state index contributed by atoms with van der Waals surface area (Å²) in [6.07, 6.45) is -4.57. The fourth-order valence-corrected chi connectivity index (χ4v) is 3.03. The molecule has 0 heterocycles. The smallest absolute Gasteiger partial charge is 0.417 e. The molecule has 6 heteroatoms. The highest BCUT2D eigenvalue weighted by molar-refractivity contribution is 5.87.